The maximum Gasteiger partial charge on any atom is 0.257 e. The maximum atomic E-state index is 5.77. The molecular weight excluding hydrogens is 242 g/mol. The molecule has 1 aliphatic heterocycles. The van der Waals surface area contributed by atoms with Gasteiger partial charge in [-0.25, -0.2) is 4.68 Å². The van der Waals surface area contributed by atoms with Crippen LogP contribution >= 0.6 is 0 Å². The SMILES string of the molecule is CC1CCN(c2nc(N)nc(-n3cccn3)n2)CC1. The number of hydrogen-bond acceptors (Lipinski definition) is 6. The van der Waals surface area contributed by atoms with Crippen LogP contribution in [0.25, 0.3) is 5.95 Å². The Morgan fingerprint density at radius 2 is 1.89 bits per heavy atom. The van der Waals surface area contributed by atoms with Gasteiger partial charge in [-0.1, -0.05) is 6.92 Å². The average Bonchev–Trinajstić information content (AvgIpc) is 2.93. The Balaban J connectivity index is 1.90. The van der Waals surface area contributed by atoms with Crippen LogP contribution in [-0.4, -0.2) is 37.8 Å². The molecule has 0 radical (unpaired) electrons. The molecular formula is C12H17N7. The van der Waals surface area contributed by atoms with Gasteiger partial charge in [-0.2, -0.15) is 20.1 Å². The summed E-state index contributed by atoms with van der Waals surface area (Å²) in [6, 6.07) is 1.82. The van der Waals surface area contributed by atoms with E-state index in [0.29, 0.717) is 11.9 Å². The summed E-state index contributed by atoms with van der Waals surface area (Å²) in [4.78, 5) is 15.0. The quantitative estimate of drug-likeness (QED) is 0.861. The van der Waals surface area contributed by atoms with Crippen molar-refractivity contribution in [2.45, 2.75) is 19.8 Å². The first kappa shape index (κ1) is 11.9. The molecule has 0 saturated carbocycles. The third-order valence-corrected chi connectivity index (χ3v) is 3.40. The fourth-order valence-corrected chi connectivity index (χ4v) is 2.21. The minimum atomic E-state index is 0.231. The molecule has 1 aliphatic rings. The van der Waals surface area contributed by atoms with E-state index in [1.54, 1.807) is 17.1 Å². The summed E-state index contributed by atoms with van der Waals surface area (Å²) < 4.78 is 1.59. The van der Waals surface area contributed by atoms with Crippen molar-refractivity contribution < 1.29 is 0 Å². The van der Waals surface area contributed by atoms with E-state index in [2.05, 4.69) is 31.9 Å². The van der Waals surface area contributed by atoms with Crippen LogP contribution in [0.2, 0.25) is 0 Å². The van der Waals surface area contributed by atoms with Crippen molar-refractivity contribution in [3.05, 3.63) is 18.5 Å². The van der Waals surface area contributed by atoms with Gasteiger partial charge in [-0.3, -0.25) is 0 Å². The van der Waals surface area contributed by atoms with Crippen molar-refractivity contribution >= 4 is 11.9 Å². The Kier molecular flexibility index (Phi) is 3.02. The van der Waals surface area contributed by atoms with Crippen LogP contribution in [0.1, 0.15) is 19.8 Å². The number of nitrogens with zero attached hydrogens (tertiary/aromatic N) is 6. The summed E-state index contributed by atoms with van der Waals surface area (Å²) in [5.41, 5.74) is 5.77. The van der Waals surface area contributed by atoms with E-state index in [-0.39, 0.29) is 5.95 Å². The predicted octanol–water partition coefficient (Wildman–Crippen LogP) is 0.876. The van der Waals surface area contributed by atoms with Gasteiger partial charge in [0.2, 0.25) is 11.9 Å². The molecule has 0 atom stereocenters. The molecule has 0 aliphatic carbocycles. The Hall–Kier alpha value is -2.18. The molecule has 3 rings (SSSR count). The van der Waals surface area contributed by atoms with Crippen molar-refractivity contribution in [2.75, 3.05) is 23.7 Å². The summed E-state index contributed by atoms with van der Waals surface area (Å²) in [6.45, 7) is 4.20. The third-order valence-electron chi connectivity index (χ3n) is 3.40. The summed E-state index contributed by atoms with van der Waals surface area (Å²) in [6.07, 6.45) is 5.78. The number of rotatable bonds is 2. The van der Waals surface area contributed by atoms with E-state index < -0.39 is 0 Å². The topological polar surface area (TPSA) is 85.8 Å². The van der Waals surface area contributed by atoms with Gasteiger partial charge in [0.05, 0.1) is 0 Å². The monoisotopic (exact) mass is 259 g/mol. The van der Waals surface area contributed by atoms with Gasteiger partial charge >= 0.3 is 0 Å². The molecule has 3 heterocycles. The molecule has 0 spiro atoms. The van der Waals surface area contributed by atoms with Crippen molar-refractivity contribution in [3.8, 4) is 5.95 Å². The van der Waals surface area contributed by atoms with E-state index >= 15 is 0 Å². The maximum absolute atomic E-state index is 5.77. The van der Waals surface area contributed by atoms with Crippen LogP contribution in [0.15, 0.2) is 18.5 Å². The largest absolute Gasteiger partial charge is 0.368 e. The van der Waals surface area contributed by atoms with Gasteiger partial charge in [0, 0.05) is 25.5 Å². The lowest BCUT2D eigenvalue weighted by Gasteiger charge is -2.30. The average molecular weight is 259 g/mol. The summed E-state index contributed by atoms with van der Waals surface area (Å²) in [5.74, 6) is 2.10. The van der Waals surface area contributed by atoms with Crippen molar-refractivity contribution in [1.82, 2.24) is 24.7 Å². The van der Waals surface area contributed by atoms with E-state index in [0.717, 1.165) is 31.8 Å². The highest BCUT2D eigenvalue weighted by molar-refractivity contribution is 5.38. The summed E-state index contributed by atoms with van der Waals surface area (Å²) >= 11 is 0. The first-order valence-electron chi connectivity index (χ1n) is 6.49. The van der Waals surface area contributed by atoms with Crippen molar-refractivity contribution in [1.29, 1.82) is 0 Å². The number of aromatic nitrogens is 5. The molecule has 7 nitrogen and oxygen atoms in total. The molecule has 0 unspecified atom stereocenters. The highest BCUT2D eigenvalue weighted by atomic mass is 15.4. The molecule has 19 heavy (non-hydrogen) atoms. The minimum absolute atomic E-state index is 0.231. The molecule has 7 heteroatoms. The molecule has 2 aromatic heterocycles. The first-order valence-corrected chi connectivity index (χ1v) is 6.49. The highest BCUT2D eigenvalue weighted by Gasteiger charge is 2.19. The molecule has 0 bridgehead atoms. The van der Waals surface area contributed by atoms with Gasteiger partial charge in [0.15, 0.2) is 0 Å². The van der Waals surface area contributed by atoms with Gasteiger partial charge in [0.1, 0.15) is 0 Å². The summed E-state index contributed by atoms with van der Waals surface area (Å²) in [7, 11) is 0. The van der Waals surface area contributed by atoms with Gasteiger partial charge in [-0.15, -0.1) is 0 Å². The van der Waals surface area contributed by atoms with Crippen LogP contribution in [0, 0.1) is 5.92 Å². The van der Waals surface area contributed by atoms with Crippen LogP contribution in [0.3, 0.4) is 0 Å². The zero-order valence-electron chi connectivity index (χ0n) is 10.9. The lowest BCUT2D eigenvalue weighted by atomic mass is 10.00. The second-order valence-electron chi connectivity index (χ2n) is 4.91. The molecule has 1 saturated heterocycles. The second kappa shape index (κ2) is 4.83. The zero-order valence-corrected chi connectivity index (χ0v) is 10.9. The lowest BCUT2D eigenvalue weighted by molar-refractivity contribution is 0.434. The zero-order chi connectivity index (χ0) is 13.2. The van der Waals surface area contributed by atoms with E-state index in [1.807, 2.05) is 6.07 Å². The lowest BCUT2D eigenvalue weighted by Crippen LogP contribution is -2.34. The first-order chi connectivity index (χ1) is 9.22. The second-order valence-corrected chi connectivity index (χ2v) is 4.91. The Morgan fingerprint density at radius 1 is 1.16 bits per heavy atom. The van der Waals surface area contributed by atoms with E-state index in [1.165, 1.54) is 0 Å². The molecule has 0 amide bonds. The Labute approximate surface area is 111 Å². The van der Waals surface area contributed by atoms with Crippen molar-refractivity contribution in [3.63, 3.8) is 0 Å². The standard InChI is InChI=1S/C12H17N7/c1-9-3-7-18(8-4-9)11-15-10(13)16-12(17-11)19-6-2-5-14-19/h2,5-6,9H,3-4,7-8H2,1H3,(H2,13,15,16,17). The molecule has 2 aromatic rings. The number of nitrogen functional groups attached to an aromatic ring is 1. The summed E-state index contributed by atoms with van der Waals surface area (Å²) in [5, 5.41) is 4.12. The van der Waals surface area contributed by atoms with Crippen LogP contribution in [0.4, 0.5) is 11.9 Å². The van der Waals surface area contributed by atoms with Crippen molar-refractivity contribution in [2.24, 2.45) is 5.92 Å². The smallest absolute Gasteiger partial charge is 0.257 e. The van der Waals surface area contributed by atoms with Gasteiger partial charge in [0.25, 0.3) is 5.95 Å². The molecule has 0 aromatic carbocycles. The molecule has 100 valence electrons. The Morgan fingerprint density at radius 3 is 2.58 bits per heavy atom. The minimum Gasteiger partial charge on any atom is -0.368 e. The number of piperidine rings is 1. The fraction of sp³-hybridized carbons (Fsp3) is 0.500. The molecule has 2 N–H and O–H groups in total. The normalized spacial score (nSPS) is 16.8. The Bertz CT molecular complexity index is 543. The number of hydrogen-bond donors (Lipinski definition) is 1. The van der Waals surface area contributed by atoms with Gasteiger partial charge < -0.3 is 10.6 Å². The van der Waals surface area contributed by atoms with E-state index in [9.17, 15) is 0 Å². The fourth-order valence-electron chi connectivity index (χ4n) is 2.21. The third kappa shape index (κ3) is 2.49. The highest BCUT2D eigenvalue weighted by Crippen LogP contribution is 2.20. The van der Waals surface area contributed by atoms with Crippen LogP contribution in [-0.2, 0) is 0 Å². The number of anilines is 2. The molecule has 1 fully saturated rings. The van der Waals surface area contributed by atoms with Gasteiger partial charge in [-0.05, 0) is 24.8 Å². The van der Waals surface area contributed by atoms with Crippen LogP contribution in [0.5, 0.6) is 0 Å². The van der Waals surface area contributed by atoms with E-state index in [4.69, 9.17) is 5.73 Å². The number of nitrogens with two attached hydrogens (primary N) is 1. The van der Waals surface area contributed by atoms with Crippen LogP contribution < -0.4 is 10.6 Å². The predicted molar refractivity (Wildman–Crippen MR) is 72.0 cm³/mol.